The van der Waals surface area contributed by atoms with Gasteiger partial charge in [0.1, 0.15) is 5.60 Å². The number of carbonyl (C=O) groups is 3. The van der Waals surface area contributed by atoms with Crippen molar-refractivity contribution in [3.05, 3.63) is 0 Å². The van der Waals surface area contributed by atoms with Crippen LogP contribution in [0.15, 0.2) is 0 Å². The first-order valence-corrected chi connectivity index (χ1v) is 28.8. The number of esters is 2. The van der Waals surface area contributed by atoms with E-state index < -0.39 is 28.2 Å². The van der Waals surface area contributed by atoms with Crippen LogP contribution < -0.4 is 0 Å². The van der Waals surface area contributed by atoms with E-state index in [2.05, 4.69) is 79.6 Å². The maximum absolute atomic E-state index is 12.8. The summed E-state index contributed by atoms with van der Waals surface area (Å²) >= 11 is 0. The fraction of sp³-hybridized carbons (Fsp3) is 0.935. The third-order valence-corrected chi connectivity index (χ3v) is 20.9. The van der Waals surface area contributed by atoms with Gasteiger partial charge in [-0.1, -0.05) is 113 Å². The Bertz CT molecular complexity index is 1090. The Morgan fingerprint density at radius 2 is 1.00 bits per heavy atom. The zero-order valence-electron chi connectivity index (χ0n) is 39.9. The highest BCUT2D eigenvalue weighted by molar-refractivity contribution is 6.74. The van der Waals surface area contributed by atoms with Gasteiger partial charge >= 0.3 is 17.9 Å². The topological polar surface area (TPSA) is 112 Å². The summed E-state index contributed by atoms with van der Waals surface area (Å²) < 4.78 is 25.5. The molecule has 0 aromatic rings. The van der Waals surface area contributed by atoms with Crippen LogP contribution in [-0.2, 0) is 32.7 Å². The number of hydrogen-bond donors (Lipinski definition) is 1. The molecule has 57 heavy (non-hydrogen) atoms. The van der Waals surface area contributed by atoms with Crippen molar-refractivity contribution in [3.63, 3.8) is 0 Å². The first kappa shape index (κ1) is 55.7. The minimum atomic E-state index is -2.15. The molecule has 0 spiro atoms. The molecule has 0 saturated carbocycles. The van der Waals surface area contributed by atoms with Gasteiger partial charge in [-0.25, -0.2) is 0 Å². The Labute approximate surface area is 354 Å². The number of carbonyl (C=O) groups excluding carboxylic acids is 2. The second kappa shape index (κ2) is 28.3. The molecule has 0 amide bonds. The van der Waals surface area contributed by atoms with Crippen LogP contribution >= 0.6 is 0 Å². The minimum Gasteiger partial charge on any atom is -0.481 e. The largest absolute Gasteiger partial charge is 0.481 e. The molecule has 9 nitrogen and oxygen atoms in total. The van der Waals surface area contributed by atoms with Crippen molar-refractivity contribution in [2.24, 2.45) is 0 Å². The maximum atomic E-state index is 12.8. The Balaban J connectivity index is 5.93. The molecule has 338 valence electrons. The molecular formula is C46H93NO8Si2. The molecule has 0 saturated heterocycles. The van der Waals surface area contributed by atoms with Crippen LogP contribution in [0, 0.1) is 0 Å². The zero-order chi connectivity index (χ0) is 43.8. The number of ether oxygens (including phenoxy) is 2. The second-order valence-electron chi connectivity index (χ2n) is 20.7. The normalized spacial score (nSPS) is 14.2. The van der Waals surface area contributed by atoms with E-state index in [9.17, 15) is 19.5 Å². The molecular weight excluding hydrogens is 751 g/mol. The number of unbranched alkanes of at least 4 members (excludes halogenated alkanes) is 11. The second-order valence-corrected chi connectivity index (χ2v) is 30.3. The predicted octanol–water partition coefficient (Wildman–Crippen LogP) is 12.9. The van der Waals surface area contributed by atoms with Crippen LogP contribution in [0.25, 0.3) is 0 Å². The van der Waals surface area contributed by atoms with E-state index in [1.807, 2.05) is 20.8 Å². The molecule has 11 heteroatoms. The average Bonchev–Trinajstić information content (AvgIpc) is 3.05. The summed E-state index contributed by atoms with van der Waals surface area (Å²) in [5.74, 6) is -1.04. The van der Waals surface area contributed by atoms with Crippen molar-refractivity contribution in [2.75, 3.05) is 26.2 Å². The molecule has 0 radical (unpaired) electrons. The molecule has 0 rings (SSSR count). The molecule has 2 atom stereocenters. The van der Waals surface area contributed by atoms with Gasteiger partial charge in [0.15, 0.2) is 16.6 Å². The SMILES string of the molecule is CCCCCCCCCCCOC(=O)CCCC(CN(CCCCC(=O)OC(C)(C)C)CC(CCCCCC(=O)O)O[Si](C)(C)C(C)(C)C)O[Si](C)(C)C(C)(C)C. The summed E-state index contributed by atoms with van der Waals surface area (Å²) in [7, 11) is -4.27. The monoisotopic (exact) mass is 844 g/mol. The summed E-state index contributed by atoms with van der Waals surface area (Å²) in [6.45, 7) is 33.5. The van der Waals surface area contributed by atoms with Gasteiger partial charge < -0.3 is 23.4 Å². The van der Waals surface area contributed by atoms with Crippen molar-refractivity contribution >= 4 is 34.5 Å². The van der Waals surface area contributed by atoms with Crippen LogP contribution in [0.5, 0.6) is 0 Å². The molecule has 0 heterocycles. The summed E-state index contributed by atoms with van der Waals surface area (Å²) in [5.41, 5.74) is -0.504. The highest BCUT2D eigenvalue weighted by atomic mass is 28.4. The molecule has 0 aliphatic heterocycles. The lowest BCUT2D eigenvalue weighted by Gasteiger charge is -2.42. The van der Waals surface area contributed by atoms with Crippen LogP contribution in [0.3, 0.4) is 0 Å². The van der Waals surface area contributed by atoms with E-state index in [0.717, 1.165) is 64.5 Å². The molecule has 0 aromatic carbocycles. The van der Waals surface area contributed by atoms with Crippen LogP contribution in [0.1, 0.15) is 198 Å². The Hall–Kier alpha value is -1.28. The molecule has 2 unspecified atom stereocenters. The van der Waals surface area contributed by atoms with E-state index in [1.165, 1.54) is 44.9 Å². The maximum Gasteiger partial charge on any atom is 0.306 e. The van der Waals surface area contributed by atoms with Crippen LogP contribution in [-0.4, -0.2) is 88.6 Å². The number of aliphatic carboxylic acids is 1. The smallest absolute Gasteiger partial charge is 0.306 e. The van der Waals surface area contributed by atoms with E-state index in [0.29, 0.717) is 38.8 Å². The van der Waals surface area contributed by atoms with Crippen LogP contribution in [0.4, 0.5) is 0 Å². The first-order valence-electron chi connectivity index (χ1n) is 23.0. The molecule has 1 N–H and O–H groups in total. The van der Waals surface area contributed by atoms with Crippen molar-refractivity contribution < 1.29 is 37.8 Å². The van der Waals surface area contributed by atoms with Gasteiger partial charge in [-0.05, 0) is 109 Å². The third-order valence-electron chi connectivity index (χ3n) is 11.8. The lowest BCUT2D eigenvalue weighted by atomic mass is 10.1. The quantitative estimate of drug-likeness (QED) is 0.0392. The fourth-order valence-corrected chi connectivity index (χ4v) is 9.12. The predicted molar refractivity (Wildman–Crippen MR) is 243 cm³/mol. The number of carboxylic acids is 1. The zero-order valence-corrected chi connectivity index (χ0v) is 41.9. The fourth-order valence-electron chi connectivity index (χ4n) is 6.36. The van der Waals surface area contributed by atoms with Gasteiger partial charge in [0.05, 0.1) is 18.8 Å². The minimum absolute atomic E-state index is 0.00821. The highest BCUT2D eigenvalue weighted by Crippen LogP contribution is 2.39. The Morgan fingerprint density at radius 3 is 1.47 bits per heavy atom. The van der Waals surface area contributed by atoms with Crippen molar-refractivity contribution in [2.45, 2.75) is 252 Å². The number of hydrogen-bond acceptors (Lipinski definition) is 8. The summed E-state index contributed by atoms with van der Waals surface area (Å²) in [4.78, 5) is 39.1. The molecule has 0 bridgehead atoms. The van der Waals surface area contributed by atoms with Crippen molar-refractivity contribution in [1.29, 1.82) is 0 Å². The lowest BCUT2D eigenvalue weighted by molar-refractivity contribution is -0.155. The standard InChI is InChI=1S/C46H93NO8Si2/c1-15-16-17-18-19-20-21-22-28-36-52-42(50)34-29-31-40(55-57(13,14)46(8,9)10)38-47(35-27-26-33-43(51)53-44(2,3)4)37-39(30-24-23-25-32-41(48)49)54-56(11,12)45(5,6)7/h39-40H,15-38H2,1-14H3,(H,48,49). The summed E-state index contributed by atoms with van der Waals surface area (Å²) in [6.07, 6.45) is 18.3. The molecule has 0 aliphatic carbocycles. The van der Waals surface area contributed by atoms with E-state index in [-0.39, 0.29) is 40.6 Å². The lowest BCUT2D eigenvalue weighted by Crippen LogP contribution is -2.50. The number of rotatable bonds is 33. The van der Waals surface area contributed by atoms with Crippen molar-refractivity contribution in [3.8, 4) is 0 Å². The van der Waals surface area contributed by atoms with Gasteiger partial charge in [0.25, 0.3) is 0 Å². The van der Waals surface area contributed by atoms with Crippen LogP contribution in [0.2, 0.25) is 36.3 Å². The summed E-state index contributed by atoms with van der Waals surface area (Å²) in [6, 6.07) is 0. The van der Waals surface area contributed by atoms with E-state index in [4.69, 9.17) is 18.3 Å². The summed E-state index contributed by atoms with van der Waals surface area (Å²) in [5, 5.41) is 9.27. The van der Waals surface area contributed by atoms with Gasteiger partial charge in [-0.2, -0.15) is 0 Å². The van der Waals surface area contributed by atoms with E-state index in [1.54, 1.807) is 0 Å². The van der Waals surface area contributed by atoms with Gasteiger partial charge in [-0.15, -0.1) is 0 Å². The van der Waals surface area contributed by atoms with E-state index >= 15 is 0 Å². The number of nitrogens with zero attached hydrogens (tertiary/aromatic N) is 1. The molecule has 0 aliphatic rings. The van der Waals surface area contributed by atoms with Gasteiger partial charge in [0.2, 0.25) is 0 Å². The van der Waals surface area contributed by atoms with Gasteiger partial charge in [-0.3, -0.25) is 19.3 Å². The van der Waals surface area contributed by atoms with Gasteiger partial charge in [0, 0.05) is 32.4 Å². The molecule has 0 aromatic heterocycles. The van der Waals surface area contributed by atoms with Crippen molar-refractivity contribution in [1.82, 2.24) is 4.90 Å². The average molecular weight is 844 g/mol. The first-order chi connectivity index (χ1) is 26.3. The molecule has 0 fully saturated rings. The Kier molecular flexibility index (Phi) is 27.7. The number of carboxylic acid groups (broad SMARTS) is 1. The highest BCUT2D eigenvalue weighted by Gasteiger charge is 2.41. The third kappa shape index (κ3) is 28.8. The Morgan fingerprint density at radius 1 is 0.561 bits per heavy atom.